The molecular formula is C15H30N4O. The second-order valence-electron chi connectivity index (χ2n) is 6.82. The first kappa shape index (κ1) is 15.6. The van der Waals surface area contributed by atoms with Gasteiger partial charge in [0.05, 0.1) is 18.8 Å². The summed E-state index contributed by atoms with van der Waals surface area (Å²) >= 11 is 0. The zero-order valence-corrected chi connectivity index (χ0v) is 13.3. The second kappa shape index (κ2) is 6.76. The summed E-state index contributed by atoms with van der Waals surface area (Å²) in [5, 5.41) is 0. The first-order chi connectivity index (χ1) is 9.46. The van der Waals surface area contributed by atoms with E-state index in [1.165, 1.54) is 12.8 Å². The summed E-state index contributed by atoms with van der Waals surface area (Å²) in [6.07, 6.45) is 2.54. The summed E-state index contributed by atoms with van der Waals surface area (Å²) in [6, 6.07) is 0. The molecule has 0 saturated carbocycles. The maximum Gasteiger partial charge on any atom is 0.191 e. The van der Waals surface area contributed by atoms with Crippen molar-refractivity contribution in [2.24, 2.45) is 16.6 Å². The lowest BCUT2D eigenvalue weighted by atomic mass is 10.0. The van der Waals surface area contributed by atoms with Crippen molar-refractivity contribution < 1.29 is 4.74 Å². The van der Waals surface area contributed by atoms with Crippen LogP contribution in [0.5, 0.6) is 0 Å². The van der Waals surface area contributed by atoms with E-state index in [2.05, 4.69) is 35.6 Å². The Hall–Kier alpha value is -0.810. The highest BCUT2D eigenvalue weighted by molar-refractivity contribution is 5.78. The van der Waals surface area contributed by atoms with Crippen LogP contribution in [0.3, 0.4) is 0 Å². The van der Waals surface area contributed by atoms with Crippen LogP contribution in [0, 0.1) is 5.92 Å². The van der Waals surface area contributed by atoms with E-state index in [0.717, 1.165) is 57.8 Å². The summed E-state index contributed by atoms with van der Waals surface area (Å²) < 4.78 is 5.72. The minimum Gasteiger partial charge on any atom is -0.373 e. The van der Waals surface area contributed by atoms with Crippen molar-refractivity contribution >= 4 is 5.96 Å². The van der Waals surface area contributed by atoms with Crippen LogP contribution in [-0.2, 0) is 4.74 Å². The molecule has 0 aromatic heterocycles. The summed E-state index contributed by atoms with van der Waals surface area (Å²) in [5.41, 5.74) is 6.08. The van der Waals surface area contributed by atoms with Gasteiger partial charge < -0.3 is 15.4 Å². The molecule has 0 bridgehead atoms. The van der Waals surface area contributed by atoms with E-state index < -0.39 is 0 Å². The molecule has 0 aliphatic carbocycles. The normalized spacial score (nSPS) is 28.6. The van der Waals surface area contributed by atoms with Gasteiger partial charge in [0, 0.05) is 32.7 Å². The van der Waals surface area contributed by atoms with Crippen molar-refractivity contribution in [3.63, 3.8) is 0 Å². The zero-order chi connectivity index (χ0) is 14.6. The largest absolute Gasteiger partial charge is 0.373 e. The van der Waals surface area contributed by atoms with E-state index >= 15 is 0 Å². The first-order valence-electron chi connectivity index (χ1n) is 7.87. The second-order valence-corrected chi connectivity index (χ2v) is 6.82. The van der Waals surface area contributed by atoms with Crippen molar-refractivity contribution in [2.45, 2.75) is 39.2 Å². The van der Waals surface area contributed by atoms with Gasteiger partial charge in [-0.1, -0.05) is 6.92 Å². The van der Waals surface area contributed by atoms with Gasteiger partial charge in [-0.2, -0.15) is 0 Å². The Bertz CT molecular complexity index is 343. The lowest BCUT2D eigenvalue weighted by Crippen LogP contribution is -2.49. The Morgan fingerprint density at radius 3 is 2.90 bits per heavy atom. The molecule has 2 fully saturated rings. The van der Waals surface area contributed by atoms with Gasteiger partial charge in [0.2, 0.25) is 0 Å². The average molecular weight is 282 g/mol. The Balaban J connectivity index is 1.74. The highest BCUT2D eigenvalue weighted by atomic mass is 16.5. The predicted molar refractivity (Wildman–Crippen MR) is 82.9 cm³/mol. The van der Waals surface area contributed by atoms with Gasteiger partial charge in [-0.15, -0.1) is 0 Å². The van der Waals surface area contributed by atoms with E-state index in [1.54, 1.807) is 0 Å². The number of morpholine rings is 1. The molecule has 0 amide bonds. The summed E-state index contributed by atoms with van der Waals surface area (Å²) in [4.78, 5) is 9.21. The lowest BCUT2D eigenvalue weighted by Gasteiger charge is -2.38. The standard InChI is InChI=1S/C15H30N4O/c1-13-5-4-7-19(11-13)14(16)17-6-8-18-9-10-20-15(2,3)12-18/h13H,4-12H2,1-3H3,(H2,16,17). The van der Waals surface area contributed by atoms with Gasteiger partial charge in [-0.25, -0.2) is 0 Å². The molecule has 0 radical (unpaired) electrons. The van der Waals surface area contributed by atoms with Gasteiger partial charge in [0.1, 0.15) is 0 Å². The van der Waals surface area contributed by atoms with Crippen LogP contribution in [0.15, 0.2) is 4.99 Å². The maximum atomic E-state index is 6.11. The minimum absolute atomic E-state index is 0.0319. The Morgan fingerprint density at radius 2 is 2.20 bits per heavy atom. The number of piperidine rings is 1. The molecule has 20 heavy (non-hydrogen) atoms. The van der Waals surface area contributed by atoms with Crippen molar-refractivity contribution in [1.29, 1.82) is 0 Å². The number of aliphatic imine (C=N–C) groups is 1. The lowest BCUT2D eigenvalue weighted by molar-refractivity contribution is -0.0850. The van der Waals surface area contributed by atoms with Crippen LogP contribution in [0.25, 0.3) is 0 Å². The minimum atomic E-state index is -0.0319. The Morgan fingerprint density at radius 1 is 1.40 bits per heavy atom. The Labute approximate surface area is 123 Å². The zero-order valence-electron chi connectivity index (χ0n) is 13.3. The van der Waals surface area contributed by atoms with Gasteiger partial charge in [-0.05, 0) is 32.6 Å². The van der Waals surface area contributed by atoms with Crippen LogP contribution in [0.4, 0.5) is 0 Å². The molecule has 0 aromatic rings. The summed E-state index contributed by atoms with van der Waals surface area (Å²) in [6.45, 7) is 13.2. The molecule has 5 nitrogen and oxygen atoms in total. The van der Waals surface area contributed by atoms with Crippen LogP contribution < -0.4 is 5.73 Å². The molecule has 1 atom stereocenters. The number of guanidine groups is 1. The monoisotopic (exact) mass is 282 g/mol. The highest BCUT2D eigenvalue weighted by Gasteiger charge is 2.26. The fraction of sp³-hybridized carbons (Fsp3) is 0.933. The molecule has 5 heteroatoms. The van der Waals surface area contributed by atoms with Crippen molar-refractivity contribution in [1.82, 2.24) is 9.80 Å². The number of ether oxygens (including phenoxy) is 1. The molecule has 2 heterocycles. The van der Waals surface area contributed by atoms with Crippen molar-refractivity contribution in [2.75, 3.05) is 45.9 Å². The fourth-order valence-electron chi connectivity index (χ4n) is 3.11. The van der Waals surface area contributed by atoms with Crippen LogP contribution >= 0.6 is 0 Å². The Kier molecular flexibility index (Phi) is 5.27. The SMILES string of the molecule is CC1CCCN(C(N)=NCCN2CCOC(C)(C)C2)C1. The topological polar surface area (TPSA) is 54.1 Å². The summed E-state index contributed by atoms with van der Waals surface area (Å²) in [7, 11) is 0. The summed E-state index contributed by atoms with van der Waals surface area (Å²) in [5.74, 6) is 1.46. The molecule has 2 aliphatic heterocycles. The molecule has 0 spiro atoms. The number of likely N-dealkylation sites (tertiary alicyclic amines) is 1. The third-order valence-electron chi connectivity index (χ3n) is 4.18. The molecule has 2 rings (SSSR count). The molecule has 0 aromatic carbocycles. The van der Waals surface area contributed by atoms with Gasteiger partial charge in [0.25, 0.3) is 0 Å². The van der Waals surface area contributed by atoms with Crippen LogP contribution in [-0.4, -0.2) is 67.2 Å². The molecule has 1 unspecified atom stereocenters. The quantitative estimate of drug-likeness (QED) is 0.623. The van der Waals surface area contributed by atoms with E-state index in [9.17, 15) is 0 Å². The number of rotatable bonds is 3. The van der Waals surface area contributed by atoms with E-state index in [-0.39, 0.29) is 5.60 Å². The maximum absolute atomic E-state index is 6.11. The van der Waals surface area contributed by atoms with Gasteiger partial charge >= 0.3 is 0 Å². The number of nitrogens with two attached hydrogens (primary N) is 1. The third kappa shape index (κ3) is 4.63. The predicted octanol–water partition coefficient (Wildman–Crippen LogP) is 1.14. The third-order valence-corrected chi connectivity index (χ3v) is 4.18. The molecular weight excluding hydrogens is 252 g/mol. The van der Waals surface area contributed by atoms with E-state index in [4.69, 9.17) is 10.5 Å². The fourth-order valence-corrected chi connectivity index (χ4v) is 3.11. The van der Waals surface area contributed by atoms with E-state index in [0.29, 0.717) is 0 Å². The smallest absolute Gasteiger partial charge is 0.191 e. The highest BCUT2D eigenvalue weighted by Crippen LogP contribution is 2.16. The van der Waals surface area contributed by atoms with Gasteiger partial charge in [0.15, 0.2) is 5.96 Å². The van der Waals surface area contributed by atoms with Crippen molar-refractivity contribution in [3.05, 3.63) is 0 Å². The molecule has 2 saturated heterocycles. The van der Waals surface area contributed by atoms with Crippen LogP contribution in [0.2, 0.25) is 0 Å². The van der Waals surface area contributed by atoms with Gasteiger partial charge in [-0.3, -0.25) is 9.89 Å². The average Bonchev–Trinajstić information content (AvgIpc) is 2.37. The van der Waals surface area contributed by atoms with Crippen molar-refractivity contribution in [3.8, 4) is 0 Å². The number of hydrogen-bond acceptors (Lipinski definition) is 3. The first-order valence-corrected chi connectivity index (χ1v) is 7.87. The molecule has 2 aliphatic rings. The molecule has 2 N–H and O–H groups in total. The van der Waals surface area contributed by atoms with E-state index in [1.807, 2.05) is 0 Å². The molecule has 116 valence electrons. The van der Waals surface area contributed by atoms with Crippen LogP contribution in [0.1, 0.15) is 33.6 Å². The number of hydrogen-bond donors (Lipinski definition) is 1. The number of nitrogens with zero attached hydrogens (tertiary/aromatic N) is 3.